The third-order valence-corrected chi connectivity index (χ3v) is 5.57. The van der Waals surface area contributed by atoms with E-state index in [1.165, 1.54) is 23.1 Å². The molecule has 4 rings (SSSR count). The highest BCUT2D eigenvalue weighted by atomic mass is 32.2. The quantitative estimate of drug-likeness (QED) is 0.407. The lowest BCUT2D eigenvalue weighted by molar-refractivity contribution is -0.113. The van der Waals surface area contributed by atoms with Crippen LogP contribution in [0.15, 0.2) is 45.8 Å². The molecule has 4 aromatic rings. The topological polar surface area (TPSA) is 92.7 Å². The molecule has 0 aliphatic rings. The van der Waals surface area contributed by atoms with E-state index in [4.69, 9.17) is 0 Å². The molecule has 26 heavy (non-hydrogen) atoms. The third kappa shape index (κ3) is 2.99. The fraction of sp³-hybridized carbons (Fsp3) is 0.176. The monoisotopic (exact) mass is 385 g/mol. The number of para-hydroxylation sites is 1. The number of aromatic nitrogens is 4. The molecule has 0 bridgehead atoms. The lowest BCUT2D eigenvalue weighted by Crippen LogP contribution is -2.23. The van der Waals surface area contributed by atoms with Gasteiger partial charge in [-0.25, -0.2) is 9.97 Å². The lowest BCUT2D eigenvalue weighted by atomic mass is 10.2. The number of nitrogens with zero attached hydrogens (tertiary/aromatic N) is 3. The van der Waals surface area contributed by atoms with Crippen molar-refractivity contribution in [3.05, 3.63) is 46.2 Å². The van der Waals surface area contributed by atoms with Crippen molar-refractivity contribution in [3.8, 4) is 0 Å². The molecule has 0 saturated carbocycles. The van der Waals surface area contributed by atoms with Crippen LogP contribution >= 0.6 is 23.1 Å². The highest BCUT2D eigenvalue weighted by molar-refractivity contribution is 7.99. The van der Waals surface area contributed by atoms with Gasteiger partial charge in [0.25, 0.3) is 5.56 Å². The molecule has 0 atom stereocenters. The van der Waals surface area contributed by atoms with Crippen molar-refractivity contribution in [2.24, 2.45) is 0 Å². The molecular weight excluding hydrogens is 370 g/mol. The molecule has 1 aromatic carbocycles. The van der Waals surface area contributed by atoms with Crippen molar-refractivity contribution in [3.63, 3.8) is 0 Å². The van der Waals surface area contributed by atoms with Crippen molar-refractivity contribution in [1.29, 1.82) is 0 Å². The number of carbonyl (C=O) groups excluding carboxylic acids is 1. The molecule has 132 valence electrons. The number of anilines is 1. The van der Waals surface area contributed by atoms with Gasteiger partial charge in [0.05, 0.1) is 5.75 Å². The standard InChI is InChI=1S/C17H15N5O2S2/c1-2-22-15(24)14-13(10-5-3-4-6-11(10)19-14)21-17(22)26-9-12(23)20-16-18-7-8-25-16/h3-8,19H,2,9H2,1H3,(H,18,20,23). The van der Waals surface area contributed by atoms with E-state index in [2.05, 4.69) is 20.3 Å². The molecule has 7 nitrogen and oxygen atoms in total. The fourth-order valence-corrected chi connectivity index (χ4v) is 4.14. The van der Waals surface area contributed by atoms with Crippen LogP contribution in [0, 0.1) is 0 Å². The number of thiazole rings is 1. The van der Waals surface area contributed by atoms with E-state index in [9.17, 15) is 9.59 Å². The summed E-state index contributed by atoms with van der Waals surface area (Å²) in [5, 5.41) is 6.52. The highest BCUT2D eigenvalue weighted by Crippen LogP contribution is 2.24. The average molecular weight is 385 g/mol. The zero-order valence-corrected chi connectivity index (χ0v) is 15.5. The van der Waals surface area contributed by atoms with Crippen molar-refractivity contribution >= 4 is 56.1 Å². The number of amides is 1. The number of benzene rings is 1. The normalized spacial score (nSPS) is 11.3. The summed E-state index contributed by atoms with van der Waals surface area (Å²) in [6.45, 7) is 2.37. The molecule has 0 aliphatic heterocycles. The van der Waals surface area contributed by atoms with Crippen LogP contribution in [0.3, 0.4) is 0 Å². The largest absolute Gasteiger partial charge is 0.349 e. The Bertz CT molecular complexity index is 1150. The van der Waals surface area contributed by atoms with Crippen molar-refractivity contribution in [2.45, 2.75) is 18.6 Å². The maximum Gasteiger partial charge on any atom is 0.278 e. The van der Waals surface area contributed by atoms with Crippen LogP contribution in [0.5, 0.6) is 0 Å². The van der Waals surface area contributed by atoms with Crippen molar-refractivity contribution in [2.75, 3.05) is 11.1 Å². The van der Waals surface area contributed by atoms with E-state index in [1.807, 2.05) is 31.2 Å². The number of hydrogen-bond donors (Lipinski definition) is 2. The molecule has 1 amide bonds. The Balaban J connectivity index is 1.68. The van der Waals surface area contributed by atoms with E-state index in [0.717, 1.165) is 10.9 Å². The molecule has 3 aromatic heterocycles. The first-order valence-corrected chi connectivity index (χ1v) is 9.87. The summed E-state index contributed by atoms with van der Waals surface area (Å²) in [4.78, 5) is 36.8. The summed E-state index contributed by atoms with van der Waals surface area (Å²) in [5.74, 6) is -0.0271. The Kier molecular flexibility index (Phi) is 4.48. The molecule has 0 saturated heterocycles. The van der Waals surface area contributed by atoms with Gasteiger partial charge in [-0.2, -0.15) is 0 Å². The Labute approximate surface area is 156 Å². The minimum Gasteiger partial charge on any atom is -0.349 e. The van der Waals surface area contributed by atoms with E-state index in [0.29, 0.717) is 27.9 Å². The van der Waals surface area contributed by atoms with E-state index >= 15 is 0 Å². The molecule has 0 radical (unpaired) electrons. The number of thioether (sulfide) groups is 1. The Morgan fingerprint density at radius 1 is 1.38 bits per heavy atom. The van der Waals surface area contributed by atoms with E-state index in [-0.39, 0.29) is 17.2 Å². The number of fused-ring (bicyclic) bond motifs is 3. The van der Waals surface area contributed by atoms with Crippen LogP contribution in [0.4, 0.5) is 5.13 Å². The highest BCUT2D eigenvalue weighted by Gasteiger charge is 2.16. The molecular formula is C17H15N5O2S2. The second kappa shape index (κ2) is 6.93. The summed E-state index contributed by atoms with van der Waals surface area (Å²) >= 11 is 2.61. The van der Waals surface area contributed by atoms with Gasteiger partial charge in [0.15, 0.2) is 10.3 Å². The lowest BCUT2D eigenvalue weighted by Gasteiger charge is -2.09. The summed E-state index contributed by atoms with van der Waals surface area (Å²) in [5.41, 5.74) is 1.87. The minimum atomic E-state index is -0.180. The van der Waals surface area contributed by atoms with Gasteiger partial charge < -0.3 is 10.3 Å². The zero-order chi connectivity index (χ0) is 18.1. The summed E-state index contributed by atoms with van der Waals surface area (Å²) in [6, 6.07) is 7.67. The number of rotatable bonds is 5. The van der Waals surface area contributed by atoms with Gasteiger partial charge in [0.2, 0.25) is 5.91 Å². The van der Waals surface area contributed by atoms with Crippen molar-refractivity contribution in [1.82, 2.24) is 19.5 Å². The molecule has 0 aliphatic carbocycles. The van der Waals surface area contributed by atoms with Crippen LogP contribution in [-0.4, -0.2) is 31.2 Å². The second-order valence-corrected chi connectivity index (χ2v) is 7.35. The summed E-state index contributed by atoms with van der Waals surface area (Å²) in [6.07, 6.45) is 1.63. The van der Waals surface area contributed by atoms with Crippen LogP contribution in [-0.2, 0) is 11.3 Å². The Morgan fingerprint density at radius 3 is 3.00 bits per heavy atom. The predicted octanol–water partition coefficient (Wildman–Crippen LogP) is 3.09. The van der Waals surface area contributed by atoms with E-state index in [1.54, 1.807) is 16.1 Å². The number of hydrogen-bond acceptors (Lipinski definition) is 6. The van der Waals surface area contributed by atoms with Crippen LogP contribution in [0.1, 0.15) is 6.92 Å². The number of carbonyl (C=O) groups is 1. The first-order chi connectivity index (χ1) is 12.7. The van der Waals surface area contributed by atoms with E-state index < -0.39 is 0 Å². The molecule has 0 spiro atoms. The van der Waals surface area contributed by atoms with Crippen LogP contribution in [0.25, 0.3) is 21.9 Å². The van der Waals surface area contributed by atoms with Gasteiger partial charge in [-0.1, -0.05) is 30.0 Å². The van der Waals surface area contributed by atoms with Gasteiger partial charge in [0, 0.05) is 29.0 Å². The van der Waals surface area contributed by atoms with Crippen LogP contribution < -0.4 is 10.9 Å². The first kappa shape index (κ1) is 16.8. The van der Waals surface area contributed by atoms with Crippen LogP contribution in [0.2, 0.25) is 0 Å². The van der Waals surface area contributed by atoms with Gasteiger partial charge >= 0.3 is 0 Å². The SMILES string of the molecule is CCn1c(SCC(=O)Nc2nccs2)nc2c([nH]c3ccccc32)c1=O. The van der Waals surface area contributed by atoms with Gasteiger partial charge in [-0.05, 0) is 13.0 Å². The molecule has 2 N–H and O–H groups in total. The maximum absolute atomic E-state index is 12.8. The maximum atomic E-state index is 12.8. The number of H-pyrrole nitrogens is 1. The van der Waals surface area contributed by atoms with Gasteiger partial charge in [-0.15, -0.1) is 11.3 Å². The molecule has 0 unspecified atom stereocenters. The van der Waals surface area contributed by atoms with Gasteiger partial charge in [-0.3, -0.25) is 14.2 Å². The summed E-state index contributed by atoms with van der Waals surface area (Å²) < 4.78 is 1.58. The number of aromatic amines is 1. The average Bonchev–Trinajstić information content (AvgIpc) is 3.28. The van der Waals surface area contributed by atoms with Gasteiger partial charge in [0.1, 0.15) is 11.0 Å². The first-order valence-electron chi connectivity index (χ1n) is 8.00. The second-order valence-electron chi connectivity index (χ2n) is 5.51. The zero-order valence-electron chi connectivity index (χ0n) is 13.9. The molecule has 3 heterocycles. The fourth-order valence-electron chi connectivity index (χ4n) is 2.74. The Morgan fingerprint density at radius 2 is 2.23 bits per heavy atom. The summed E-state index contributed by atoms with van der Waals surface area (Å²) in [7, 11) is 0. The minimum absolute atomic E-state index is 0.128. The van der Waals surface area contributed by atoms with Crippen molar-refractivity contribution < 1.29 is 4.79 Å². The molecule has 0 fully saturated rings. The Hall–Kier alpha value is -2.65. The molecule has 9 heteroatoms. The number of nitrogens with one attached hydrogen (secondary N) is 2. The predicted molar refractivity (Wildman–Crippen MR) is 105 cm³/mol. The third-order valence-electron chi connectivity index (χ3n) is 3.90. The smallest absolute Gasteiger partial charge is 0.278 e.